The summed E-state index contributed by atoms with van der Waals surface area (Å²) in [4.78, 5) is 18.1. The van der Waals surface area contributed by atoms with E-state index >= 15 is 0 Å². The minimum atomic E-state index is -0.00935. The molecular formula is C18H29ClN4O2. The Labute approximate surface area is 155 Å². The first kappa shape index (κ1) is 21.1. The summed E-state index contributed by atoms with van der Waals surface area (Å²) in [6.07, 6.45) is 0. The number of nitrogens with one attached hydrogen (secondary N) is 2. The normalized spacial score (nSPS) is 11.4. The van der Waals surface area contributed by atoms with Crippen LogP contribution in [0.2, 0.25) is 5.02 Å². The minimum Gasteiger partial charge on any atom is -0.492 e. The van der Waals surface area contributed by atoms with Crippen LogP contribution in [0.3, 0.4) is 0 Å². The van der Waals surface area contributed by atoms with Gasteiger partial charge in [0.05, 0.1) is 13.1 Å². The Morgan fingerprint density at radius 1 is 1.28 bits per heavy atom. The average molecular weight is 369 g/mol. The molecule has 0 aliphatic heterocycles. The van der Waals surface area contributed by atoms with Crippen molar-refractivity contribution in [1.82, 2.24) is 15.5 Å². The van der Waals surface area contributed by atoms with Crippen molar-refractivity contribution < 1.29 is 9.53 Å². The molecule has 7 heteroatoms. The number of carbonyl (C=O) groups excluding carboxylic acids is 1. The first-order valence-corrected chi connectivity index (χ1v) is 8.97. The van der Waals surface area contributed by atoms with Gasteiger partial charge in [-0.2, -0.15) is 0 Å². The van der Waals surface area contributed by atoms with Crippen LogP contribution in [0, 0.1) is 5.92 Å². The molecule has 6 nitrogen and oxygen atoms in total. The summed E-state index contributed by atoms with van der Waals surface area (Å²) >= 11 is 5.86. The SMILES string of the molecule is CCNC(=NCCNC(=O)C(C)C)N(C)CCOc1ccc(Cl)cc1. The number of carbonyl (C=O) groups is 1. The predicted molar refractivity (Wildman–Crippen MR) is 103 cm³/mol. The highest BCUT2D eigenvalue weighted by atomic mass is 35.5. The number of benzene rings is 1. The third kappa shape index (κ3) is 8.63. The quantitative estimate of drug-likeness (QED) is 0.399. The lowest BCUT2D eigenvalue weighted by atomic mass is 10.2. The molecular weight excluding hydrogens is 340 g/mol. The Morgan fingerprint density at radius 3 is 2.56 bits per heavy atom. The van der Waals surface area contributed by atoms with Gasteiger partial charge < -0.3 is 20.3 Å². The monoisotopic (exact) mass is 368 g/mol. The van der Waals surface area contributed by atoms with Crippen molar-refractivity contribution >= 4 is 23.5 Å². The zero-order valence-corrected chi connectivity index (χ0v) is 16.3. The smallest absolute Gasteiger partial charge is 0.222 e. The van der Waals surface area contributed by atoms with Crippen molar-refractivity contribution in [3.8, 4) is 5.75 Å². The summed E-state index contributed by atoms with van der Waals surface area (Å²) in [5.41, 5.74) is 0. The van der Waals surface area contributed by atoms with E-state index in [0.29, 0.717) is 31.3 Å². The molecule has 0 aromatic heterocycles. The van der Waals surface area contributed by atoms with Gasteiger partial charge in [0.1, 0.15) is 12.4 Å². The maximum Gasteiger partial charge on any atom is 0.222 e. The Bertz CT molecular complexity index is 547. The van der Waals surface area contributed by atoms with E-state index in [1.54, 1.807) is 12.1 Å². The number of hydrogen-bond acceptors (Lipinski definition) is 3. The first-order chi connectivity index (χ1) is 11.9. The van der Waals surface area contributed by atoms with E-state index in [-0.39, 0.29) is 11.8 Å². The van der Waals surface area contributed by atoms with E-state index in [0.717, 1.165) is 18.3 Å². The molecule has 0 aliphatic carbocycles. The summed E-state index contributed by atoms with van der Waals surface area (Å²) < 4.78 is 5.70. The number of amides is 1. The number of halogens is 1. The molecule has 1 amide bonds. The second kappa shape index (κ2) is 11.6. The van der Waals surface area contributed by atoms with Crippen LogP contribution < -0.4 is 15.4 Å². The zero-order valence-electron chi connectivity index (χ0n) is 15.5. The van der Waals surface area contributed by atoms with Crippen molar-refractivity contribution in [3.63, 3.8) is 0 Å². The van der Waals surface area contributed by atoms with Crippen LogP contribution in [0.5, 0.6) is 5.75 Å². The van der Waals surface area contributed by atoms with Crippen molar-refractivity contribution in [2.24, 2.45) is 10.9 Å². The van der Waals surface area contributed by atoms with Crippen LogP contribution >= 0.6 is 11.6 Å². The van der Waals surface area contributed by atoms with Crippen LogP contribution in [0.15, 0.2) is 29.3 Å². The van der Waals surface area contributed by atoms with Crippen molar-refractivity contribution in [3.05, 3.63) is 29.3 Å². The average Bonchev–Trinajstić information content (AvgIpc) is 2.58. The number of likely N-dealkylation sites (N-methyl/N-ethyl adjacent to an activating group) is 1. The van der Waals surface area contributed by atoms with Crippen molar-refractivity contribution in [2.75, 3.05) is 39.8 Å². The molecule has 0 spiro atoms. The van der Waals surface area contributed by atoms with Gasteiger partial charge in [0.2, 0.25) is 5.91 Å². The van der Waals surface area contributed by atoms with Crippen LogP contribution in [0.4, 0.5) is 0 Å². The van der Waals surface area contributed by atoms with E-state index in [1.165, 1.54) is 0 Å². The van der Waals surface area contributed by atoms with Crippen molar-refractivity contribution in [1.29, 1.82) is 0 Å². The number of guanidine groups is 1. The maximum atomic E-state index is 11.5. The number of aliphatic imine (C=N–C) groups is 1. The van der Waals surface area contributed by atoms with E-state index in [4.69, 9.17) is 16.3 Å². The van der Waals surface area contributed by atoms with Crippen LogP contribution in [0.1, 0.15) is 20.8 Å². The van der Waals surface area contributed by atoms with Gasteiger partial charge in [0.25, 0.3) is 0 Å². The molecule has 0 saturated heterocycles. The summed E-state index contributed by atoms with van der Waals surface area (Å²) in [5, 5.41) is 6.79. The molecule has 140 valence electrons. The number of ether oxygens (including phenoxy) is 1. The third-order valence-electron chi connectivity index (χ3n) is 3.40. The molecule has 0 bridgehead atoms. The van der Waals surface area contributed by atoms with Gasteiger partial charge in [0.15, 0.2) is 5.96 Å². The fourth-order valence-electron chi connectivity index (χ4n) is 1.95. The molecule has 25 heavy (non-hydrogen) atoms. The molecule has 0 heterocycles. The van der Waals surface area contributed by atoms with Gasteiger partial charge in [-0.1, -0.05) is 25.4 Å². The second-order valence-electron chi connectivity index (χ2n) is 5.91. The second-order valence-corrected chi connectivity index (χ2v) is 6.34. The lowest BCUT2D eigenvalue weighted by Gasteiger charge is -2.22. The number of nitrogens with zero attached hydrogens (tertiary/aromatic N) is 2. The fourth-order valence-corrected chi connectivity index (χ4v) is 2.08. The predicted octanol–water partition coefficient (Wildman–Crippen LogP) is 2.39. The van der Waals surface area contributed by atoms with E-state index in [2.05, 4.69) is 15.6 Å². The molecule has 1 aromatic rings. The molecule has 0 atom stereocenters. The Hall–Kier alpha value is -1.95. The number of hydrogen-bond donors (Lipinski definition) is 2. The molecule has 0 fully saturated rings. The maximum absolute atomic E-state index is 11.5. The Kier molecular flexibility index (Phi) is 9.77. The topological polar surface area (TPSA) is 66.0 Å². The standard InChI is InChI=1S/C18H29ClN4O2/c1-5-20-18(22-11-10-21-17(24)14(2)3)23(4)12-13-25-16-8-6-15(19)7-9-16/h6-9,14H,5,10-13H2,1-4H3,(H,20,22)(H,21,24). The van der Waals surface area contributed by atoms with Gasteiger partial charge in [0, 0.05) is 31.1 Å². The van der Waals surface area contributed by atoms with E-state index in [1.807, 2.05) is 44.9 Å². The fraction of sp³-hybridized carbons (Fsp3) is 0.556. The summed E-state index contributed by atoms with van der Waals surface area (Å²) in [5.74, 6) is 1.62. The highest BCUT2D eigenvalue weighted by Gasteiger charge is 2.07. The van der Waals surface area contributed by atoms with Crippen molar-refractivity contribution in [2.45, 2.75) is 20.8 Å². The molecule has 0 aliphatic rings. The van der Waals surface area contributed by atoms with Gasteiger partial charge >= 0.3 is 0 Å². The van der Waals surface area contributed by atoms with Gasteiger partial charge in [-0.3, -0.25) is 9.79 Å². The minimum absolute atomic E-state index is 0.00935. The highest BCUT2D eigenvalue weighted by Crippen LogP contribution is 2.15. The summed E-state index contributed by atoms with van der Waals surface area (Å²) in [6, 6.07) is 7.30. The summed E-state index contributed by atoms with van der Waals surface area (Å²) in [7, 11) is 1.96. The Balaban J connectivity index is 2.40. The van der Waals surface area contributed by atoms with Crippen LogP contribution in [-0.2, 0) is 4.79 Å². The lowest BCUT2D eigenvalue weighted by molar-refractivity contribution is -0.123. The molecule has 0 saturated carbocycles. The zero-order chi connectivity index (χ0) is 18.7. The third-order valence-corrected chi connectivity index (χ3v) is 3.65. The van der Waals surface area contributed by atoms with Crippen LogP contribution in [0.25, 0.3) is 0 Å². The van der Waals surface area contributed by atoms with Gasteiger partial charge in [-0.05, 0) is 31.2 Å². The van der Waals surface area contributed by atoms with Crippen LogP contribution in [-0.4, -0.2) is 56.6 Å². The van der Waals surface area contributed by atoms with E-state index < -0.39 is 0 Å². The molecule has 0 unspecified atom stereocenters. The number of rotatable bonds is 9. The van der Waals surface area contributed by atoms with E-state index in [9.17, 15) is 4.79 Å². The molecule has 2 N–H and O–H groups in total. The Morgan fingerprint density at radius 2 is 1.96 bits per heavy atom. The van der Waals surface area contributed by atoms with Gasteiger partial charge in [-0.15, -0.1) is 0 Å². The summed E-state index contributed by atoms with van der Waals surface area (Å²) in [6.45, 7) is 8.82. The largest absolute Gasteiger partial charge is 0.492 e. The van der Waals surface area contributed by atoms with Gasteiger partial charge in [-0.25, -0.2) is 0 Å². The highest BCUT2D eigenvalue weighted by molar-refractivity contribution is 6.30. The first-order valence-electron chi connectivity index (χ1n) is 8.59. The lowest BCUT2D eigenvalue weighted by Crippen LogP contribution is -2.41. The molecule has 1 rings (SSSR count). The molecule has 0 radical (unpaired) electrons. The molecule has 1 aromatic carbocycles.